The first-order chi connectivity index (χ1) is 9.97. The minimum atomic E-state index is -3.75. The van der Waals surface area contributed by atoms with Crippen molar-refractivity contribution in [1.82, 2.24) is 4.72 Å². The van der Waals surface area contributed by atoms with Crippen LogP contribution in [0.2, 0.25) is 0 Å². The SMILES string of the molecule is COc1ccc(CN)cc1S(=O)(=O)NC(C)c1ccco1. The van der Waals surface area contributed by atoms with Gasteiger partial charge >= 0.3 is 0 Å². The second kappa shape index (κ2) is 6.30. The van der Waals surface area contributed by atoms with Crippen LogP contribution in [0.1, 0.15) is 24.3 Å². The number of methoxy groups -OCH3 is 1. The summed E-state index contributed by atoms with van der Waals surface area (Å²) in [4.78, 5) is 0.0614. The van der Waals surface area contributed by atoms with Gasteiger partial charge in [-0.1, -0.05) is 6.07 Å². The van der Waals surface area contributed by atoms with Crippen LogP contribution in [0.25, 0.3) is 0 Å². The summed E-state index contributed by atoms with van der Waals surface area (Å²) in [5.41, 5.74) is 6.27. The average Bonchev–Trinajstić information content (AvgIpc) is 3.00. The van der Waals surface area contributed by atoms with E-state index in [1.807, 2.05) is 0 Å². The second-order valence-electron chi connectivity index (χ2n) is 4.55. The minimum absolute atomic E-state index is 0.0614. The van der Waals surface area contributed by atoms with Crippen molar-refractivity contribution in [3.05, 3.63) is 47.9 Å². The zero-order valence-electron chi connectivity index (χ0n) is 11.9. The molecular weight excluding hydrogens is 292 g/mol. The summed E-state index contributed by atoms with van der Waals surface area (Å²) in [5, 5.41) is 0. The van der Waals surface area contributed by atoms with E-state index in [0.29, 0.717) is 11.3 Å². The van der Waals surface area contributed by atoms with Crippen LogP contribution < -0.4 is 15.2 Å². The van der Waals surface area contributed by atoms with Crippen LogP contribution in [-0.2, 0) is 16.6 Å². The molecule has 2 rings (SSSR count). The van der Waals surface area contributed by atoms with Gasteiger partial charge in [-0.2, -0.15) is 0 Å². The summed E-state index contributed by atoms with van der Waals surface area (Å²) in [7, 11) is -2.33. The highest BCUT2D eigenvalue weighted by atomic mass is 32.2. The minimum Gasteiger partial charge on any atom is -0.495 e. The lowest BCUT2D eigenvalue weighted by molar-refractivity contribution is 0.401. The fourth-order valence-electron chi connectivity index (χ4n) is 1.95. The zero-order chi connectivity index (χ0) is 15.5. The van der Waals surface area contributed by atoms with Gasteiger partial charge in [0, 0.05) is 6.54 Å². The molecule has 1 aromatic heterocycles. The number of benzene rings is 1. The van der Waals surface area contributed by atoms with E-state index in [4.69, 9.17) is 14.9 Å². The van der Waals surface area contributed by atoms with E-state index in [9.17, 15) is 8.42 Å². The van der Waals surface area contributed by atoms with Crippen molar-refractivity contribution in [2.75, 3.05) is 7.11 Å². The van der Waals surface area contributed by atoms with E-state index in [1.165, 1.54) is 19.4 Å². The summed E-state index contributed by atoms with van der Waals surface area (Å²) in [6.45, 7) is 1.95. The summed E-state index contributed by atoms with van der Waals surface area (Å²) in [6.07, 6.45) is 1.50. The van der Waals surface area contributed by atoms with Crippen molar-refractivity contribution in [3.8, 4) is 5.75 Å². The van der Waals surface area contributed by atoms with E-state index < -0.39 is 16.1 Å². The van der Waals surface area contributed by atoms with E-state index >= 15 is 0 Å². The Hall–Kier alpha value is -1.83. The molecule has 0 bridgehead atoms. The van der Waals surface area contributed by atoms with Gasteiger partial charge in [0.05, 0.1) is 19.4 Å². The number of nitrogens with two attached hydrogens (primary N) is 1. The largest absolute Gasteiger partial charge is 0.495 e. The quantitative estimate of drug-likeness (QED) is 0.848. The van der Waals surface area contributed by atoms with Crippen LogP contribution in [0.15, 0.2) is 45.9 Å². The number of ether oxygens (including phenoxy) is 1. The first-order valence-corrected chi connectivity index (χ1v) is 7.89. The normalized spacial score (nSPS) is 13.1. The first-order valence-electron chi connectivity index (χ1n) is 6.40. The van der Waals surface area contributed by atoms with Crippen LogP contribution in [0.3, 0.4) is 0 Å². The molecule has 0 saturated carbocycles. The van der Waals surface area contributed by atoms with Gasteiger partial charge in [0.2, 0.25) is 10.0 Å². The fourth-order valence-corrected chi connectivity index (χ4v) is 3.38. The Kier molecular flexibility index (Phi) is 4.66. The first kappa shape index (κ1) is 15.6. The van der Waals surface area contributed by atoms with Crippen LogP contribution in [-0.4, -0.2) is 15.5 Å². The number of hydrogen-bond acceptors (Lipinski definition) is 5. The Balaban J connectivity index is 2.34. The molecule has 6 nitrogen and oxygen atoms in total. The van der Waals surface area contributed by atoms with Crippen LogP contribution in [0.4, 0.5) is 0 Å². The van der Waals surface area contributed by atoms with Crippen LogP contribution in [0.5, 0.6) is 5.75 Å². The van der Waals surface area contributed by atoms with Crippen LogP contribution >= 0.6 is 0 Å². The maximum absolute atomic E-state index is 12.5. The van der Waals surface area contributed by atoms with Gasteiger partial charge in [-0.3, -0.25) is 0 Å². The molecule has 1 heterocycles. The average molecular weight is 310 g/mol. The summed E-state index contributed by atoms with van der Waals surface area (Å²) < 4.78 is 37.9. The lowest BCUT2D eigenvalue weighted by Gasteiger charge is -2.15. The predicted octanol–water partition coefficient (Wildman–Crippen LogP) is 1.79. The van der Waals surface area contributed by atoms with Gasteiger partial charge in [0.15, 0.2) is 0 Å². The molecule has 1 unspecified atom stereocenters. The van der Waals surface area contributed by atoms with Crippen molar-refractivity contribution in [2.24, 2.45) is 5.73 Å². The molecule has 21 heavy (non-hydrogen) atoms. The van der Waals surface area contributed by atoms with Gasteiger partial charge in [0.25, 0.3) is 0 Å². The third-order valence-corrected chi connectivity index (χ3v) is 4.62. The second-order valence-corrected chi connectivity index (χ2v) is 6.23. The number of nitrogens with one attached hydrogen (secondary N) is 1. The van der Waals surface area contributed by atoms with E-state index in [2.05, 4.69) is 4.72 Å². The third kappa shape index (κ3) is 3.44. The Morgan fingerprint density at radius 2 is 2.14 bits per heavy atom. The van der Waals surface area contributed by atoms with Gasteiger partial charge in [-0.15, -0.1) is 0 Å². The molecule has 0 fully saturated rings. The van der Waals surface area contributed by atoms with Crippen molar-refractivity contribution < 1.29 is 17.6 Å². The highest BCUT2D eigenvalue weighted by Crippen LogP contribution is 2.26. The zero-order valence-corrected chi connectivity index (χ0v) is 12.7. The molecule has 0 saturated heterocycles. The number of hydrogen-bond donors (Lipinski definition) is 2. The number of furan rings is 1. The highest BCUT2D eigenvalue weighted by molar-refractivity contribution is 7.89. The maximum Gasteiger partial charge on any atom is 0.244 e. The summed E-state index contributed by atoms with van der Waals surface area (Å²) >= 11 is 0. The molecule has 0 amide bonds. The van der Waals surface area contributed by atoms with E-state index in [-0.39, 0.29) is 17.2 Å². The molecule has 114 valence electrons. The molecule has 3 N–H and O–H groups in total. The smallest absolute Gasteiger partial charge is 0.244 e. The van der Waals surface area contributed by atoms with Crippen molar-refractivity contribution in [2.45, 2.75) is 24.4 Å². The molecule has 0 aliphatic heterocycles. The Bertz CT molecular complexity index is 696. The third-order valence-electron chi connectivity index (χ3n) is 3.06. The standard InChI is InChI=1S/C14H18N2O4S/c1-10(12-4-3-7-20-12)16-21(17,18)14-8-11(9-15)5-6-13(14)19-2/h3-8,10,16H,9,15H2,1-2H3. The Labute approximate surface area is 124 Å². The number of sulfonamides is 1. The Morgan fingerprint density at radius 3 is 2.71 bits per heavy atom. The summed E-state index contributed by atoms with van der Waals surface area (Å²) in [6, 6.07) is 7.76. The van der Waals surface area contributed by atoms with E-state index in [1.54, 1.807) is 31.2 Å². The van der Waals surface area contributed by atoms with Crippen molar-refractivity contribution in [1.29, 1.82) is 0 Å². The van der Waals surface area contributed by atoms with Gasteiger partial charge in [-0.25, -0.2) is 13.1 Å². The maximum atomic E-state index is 12.5. The fraction of sp³-hybridized carbons (Fsp3) is 0.286. The van der Waals surface area contributed by atoms with Crippen molar-refractivity contribution in [3.63, 3.8) is 0 Å². The van der Waals surface area contributed by atoms with Gasteiger partial charge in [0.1, 0.15) is 16.4 Å². The lowest BCUT2D eigenvalue weighted by atomic mass is 10.2. The Morgan fingerprint density at radius 1 is 1.38 bits per heavy atom. The molecule has 0 aliphatic rings. The van der Waals surface area contributed by atoms with Crippen molar-refractivity contribution >= 4 is 10.0 Å². The predicted molar refractivity (Wildman–Crippen MR) is 78.3 cm³/mol. The van der Waals surface area contributed by atoms with Gasteiger partial charge in [-0.05, 0) is 36.8 Å². The molecule has 0 spiro atoms. The monoisotopic (exact) mass is 310 g/mol. The van der Waals surface area contributed by atoms with E-state index in [0.717, 1.165) is 0 Å². The van der Waals surface area contributed by atoms with Gasteiger partial charge < -0.3 is 14.9 Å². The lowest BCUT2D eigenvalue weighted by Crippen LogP contribution is -2.27. The highest BCUT2D eigenvalue weighted by Gasteiger charge is 2.23. The molecule has 0 radical (unpaired) electrons. The van der Waals surface area contributed by atoms with Crippen LogP contribution in [0, 0.1) is 0 Å². The molecule has 2 aromatic rings. The molecule has 1 aromatic carbocycles. The molecular formula is C14H18N2O4S. The topological polar surface area (TPSA) is 94.6 Å². The molecule has 7 heteroatoms. The number of rotatable bonds is 6. The molecule has 0 aliphatic carbocycles. The molecule has 1 atom stereocenters. The summed E-state index contributed by atoms with van der Waals surface area (Å²) in [5.74, 6) is 0.805.